The van der Waals surface area contributed by atoms with Crippen LogP contribution in [0.1, 0.15) is 46.1 Å². The van der Waals surface area contributed by atoms with Gasteiger partial charge >= 0.3 is 12.1 Å². The summed E-state index contributed by atoms with van der Waals surface area (Å²) in [6.07, 6.45) is 1.52. The smallest absolute Gasteiger partial charge is 0.409 e. The van der Waals surface area contributed by atoms with Gasteiger partial charge in [-0.2, -0.15) is 0 Å². The highest BCUT2D eigenvalue weighted by molar-refractivity contribution is 6.35. The number of esters is 1. The summed E-state index contributed by atoms with van der Waals surface area (Å²) in [6, 6.07) is 2.99. The van der Waals surface area contributed by atoms with Gasteiger partial charge in [0.15, 0.2) is 5.72 Å². The quantitative estimate of drug-likeness (QED) is 0.321. The predicted octanol–water partition coefficient (Wildman–Crippen LogP) is 3.28. The molecule has 0 aliphatic carbocycles. The number of methoxy groups -OCH3 is 2. The number of carbonyl (C=O) groups excluding carboxylic acids is 3. The molecule has 3 aliphatic rings. The van der Waals surface area contributed by atoms with E-state index in [2.05, 4.69) is 10.6 Å². The molecule has 2 fully saturated rings. The van der Waals surface area contributed by atoms with Gasteiger partial charge in [-0.05, 0) is 51.9 Å². The summed E-state index contributed by atoms with van der Waals surface area (Å²) in [4.78, 5) is 40.9. The van der Waals surface area contributed by atoms with Crippen LogP contribution < -0.4 is 20.3 Å². The molecule has 2 amide bonds. The summed E-state index contributed by atoms with van der Waals surface area (Å²) in [5, 5.41) is 17.2. The van der Waals surface area contributed by atoms with Crippen LogP contribution in [-0.2, 0) is 35.0 Å². The molecule has 4 bridgehead atoms. The summed E-state index contributed by atoms with van der Waals surface area (Å²) < 4.78 is 28.8. The second kappa shape index (κ2) is 13.7. The zero-order valence-corrected chi connectivity index (χ0v) is 27.8. The van der Waals surface area contributed by atoms with Crippen LogP contribution in [0.2, 0.25) is 5.02 Å². The molecule has 0 radical (unpaired) electrons. The van der Waals surface area contributed by atoms with E-state index in [0.717, 1.165) is 11.1 Å². The Bertz CT molecular complexity index is 1370. The van der Waals surface area contributed by atoms with Crippen molar-refractivity contribution in [3.8, 4) is 5.75 Å². The molecule has 3 N–H and O–H groups in total. The van der Waals surface area contributed by atoms with E-state index in [1.165, 1.54) is 19.1 Å². The molecule has 12 nitrogen and oxygen atoms in total. The summed E-state index contributed by atoms with van der Waals surface area (Å²) in [5.41, 5.74) is -0.646. The van der Waals surface area contributed by atoms with Crippen molar-refractivity contribution < 1.29 is 43.2 Å². The molecule has 1 unspecified atom stereocenters. The number of allylic oxidation sites excluding steroid dienone is 3. The number of amides is 2. The Hall–Kier alpha value is -3.16. The van der Waals surface area contributed by atoms with Gasteiger partial charge in [-0.1, -0.05) is 42.3 Å². The Balaban J connectivity index is 1.80. The maximum Gasteiger partial charge on any atom is 0.409 e. The lowest BCUT2D eigenvalue weighted by molar-refractivity contribution is -0.155. The number of aliphatic hydroxyl groups is 1. The number of carbonyl (C=O) groups is 3. The molecule has 13 heteroatoms. The van der Waals surface area contributed by atoms with Gasteiger partial charge < -0.3 is 39.0 Å². The predicted molar refractivity (Wildman–Crippen MR) is 167 cm³/mol. The number of ether oxygens (including phenoxy) is 5. The Kier molecular flexibility index (Phi) is 10.6. The number of hydrogen-bond acceptors (Lipinski definition) is 10. The molecule has 45 heavy (non-hydrogen) atoms. The zero-order valence-electron chi connectivity index (χ0n) is 27.0. The van der Waals surface area contributed by atoms with Crippen LogP contribution >= 0.6 is 11.6 Å². The van der Waals surface area contributed by atoms with Crippen LogP contribution in [0.5, 0.6) is 5.75 Å². The molecular formula is C32H44ClN3O9. The number of rotatable bonds is 5. The van der Waals surface area contributed by atoms with Crippen molar-refractivity contribution in [3.05, 3.63) is 46.5 Å². The minimum absolute atomic E-state index is 0.00553. The number of fused-ring (bicyclic) bond motifs is 5. The van der Waals surface area contributed by atoms with Crippen molar-refractivity contribution in [2.45, 2.75) is 88.7 Å². The summed E-state index contributed by atoms with van der Waals surface area (Å²) in [7, 11) is 6.18. The van der Waals surface area contributed by atoms with E-state index in [0.29, 0.717) is 17.9 Å². The molecule has 248 valence electrons. The van der Waals surface area contributed by atoms with Crippen molar-refractivity contribution in [1.82, 2.24) is 10.6 Å². The summed E-state index contributed by atoms with van der Waals surface area (Å²) in [5.74, 6) is -0.974. The van der Waals surface area contributed by atoms with E-state index >= 15 is 0 Å². The number of alkyl carbamates (subject to hydrolysis) is 1. The minimum Gasteiger partial charge on any atom is -0.495 e. The van der Waals surface area contributed by atoms with E-state index in [-0.39, 0.29) is 23.8 Å². The molecule has 0 aromatic heterocycles. The van der Waals surface area contributed by atoms with Crippen molar-refractivity contribution in [1.29, 1.82) is 0 Å². The number of hydrogen-bond donors (Lipinski definition) is 3. The van der Waals surface area contributed by atoms with Gasteiger partial charge in [0.05, 0.1) is 25.3 Å². The van der Waals surface area contributed by atoms with Gasteiger partial charge in [0.2, 0.25) is 5.91 Å². The van der Waals surface area contributed by atoms with Crippen LogP contribution in [0.4, 0.5) is 10.5 Å². The van der Waals surface area contributed by atoms with Crippen molar-refractivity contribution in [2.75, 3.05) is 33.2 Å². The lowest BCUT2D eigenvalue weighted by atomic mass is 9.83. The number of halogens is 1. The van der Waals surface area contributed by atoms with E-state index in [9.17, 15) is 19.5 Å². The zero-order chi connectivity index (χ0) is 33.3. The van der Waals surface area contributed by atoms with Crippen molar-refractivity contribution in [3.63, 3.8) is 0 Å². The molecule has 4 rings (SSSR count). The fourth-order valence-electron chi connectivity index (χ4n) is 5.97. The first-order valence-electron chi connectivity index (χ1n) is 14.9. The maximum atomic E-state index is 13.8. The van der Waals surface area contributed by atoms with Gasteiger partial charge in [-0.3, -0.25) is 14.9 Å². The molecule has 3 heterocycles. The number of benzene rings is 1. The molecular weight excluding hydrogens is 606 g/mol. The highest BCUT2D eigenvalue weighted by Crippen LogP contribution is 2.49. The molecule has 0 spiro atoms. The maximum absolute atomic E-state index is 13.8. The number of anilines is 1. The van der Waals surface area contributed by atoms with E-state index in [1.807, 2.05) is 26.0 Å². The topological polar surface area (TPSA) is 148 Å². The Morgan fingerprint density at radius 3 is 2.64 bits per heavy atom. The largest absolute Gasteiger partial charge is 0.495 e. The van der Waals surface area contributed by atoms with Gasteiger partial charge in [0, 0.05) is 26.5 Å². The van der Waals surface area contributed by atoms with Crippen LogP contribution in [0.3, 0.4) is 0 Å². The fraction of sp³-hybridized carbons (Fsp3) is 0.594. The van der Waals surface area contributed by atoms with Crippen molar-refractivity contribution >= 4 is 35.3 Å². The lowest BCUT2D eigenvalue weighted by Gasteiger charge is -2.42. The van der Waals surface area contributed by atoms with Gasteiger partial charge in [0.1, 0.15) is 40.7 Å². The highest BCUT2D eigenvalue weighted by atomic mass is 35.5. The van der Waals surface area contributed by atoms with E-state index in [4.69, 9.17) is 35.3 Å². The van der Waals surface area contributed by atoms with Gasteiger partial charge in [-0.25, -0.2) is 4.79 Å². The van der Waals surface area contributed by atoms with E-state index < -0.39 is 59.8 Å². The number of nitrogens with one attached hydrogen (secondary N) is 2. The van der Waals surface area contributed by atoms with Crippen LogP contribution in [-0.4, -0.2) is 93.2 Å². The Morgan fingerprint density at radius 1 is 1.29 bits per heavy atom. The third-order valence-corrected chi connectivity index (χ3v) is 9.38. The van der Waals surface area contributed by atoms with Crippen LogP contribution in [0, 0.1) is 5.92 Å². The van der Waals surface area contributed by atoms with Gasteiger partial charge in [0.25, 0.3) is 0 Å². The van der Waals surface area contributed by atoms with Crippen LogP contribution in [0.25, 0.3) is 0 Å². The Morgan fingerprint density at radius 2 is 2.00 bits per heavy atom. The molecule has 0 saturated carbocycles. The lowest BCUT2D eigenvalue weighted by Crippen LogP contribution is -2.63. The number of epoxide rings is 1. The molecule has 3 aliphatic heterocycles. The normalized spacial score (nSPS) is 34.8. The van der Waals surface area contributed by atoms with Crippen molar-refractivity contribution in [2.24, 2.45) is 5.92 Å². The molecule has 8 atom stereocenters. The molecule has 1 aromatic rings. The first-order chi connectivity index (χ1) is 21.2. The Labute approximate surface area is 269 Å². The summed E-state index contributed by atoms with van der Waals surface area (Å²) >= 11 is 6.69. The second-order valence-electron chi connectivity index (χ2n) is 12.2. The molecule has 2 saturated heterocycles. The average Bonchev–Trinajstić information content (AvgIpc) is 3.69. The van der Waals surface area contributed by atoms with E-state index in [1.54, 1.807) is 46.2 Å². The monoisotopic (exact) mass is 649 g/mol. The third-order valence-electron chi connectivity index (χ3n) is 9.00. The molecule has 1 aromatic carbocycles. The highest BCUT2D eigenvalue weighted by Gasteiger charge is 2.64. The average molecular weight is 650 g/mol. The second-order valence-corrected chi connectivity index (χ2v) is 12.6. The first-order valence-corrected chi connectivity index (χ1v) is 15.3. The summed E-state index contributed by atoms with van der Waals surface area (Å²) in [6.45, 7) is 7.17. The standard InChI is InChI=1S/C32H44ClN3O9/c1-17-10-9-11-24(42-8)32(40)16-23(43-30(39)35-32)18(2)28-31(4,45-28)25(44-29(38)19(3)34-5)15-26(37)36(6)21-13-20(12-17)14-22(41-7)27(21)33/h9-11,13-14,18-19,23-25,28,34,40H,12,15-16H2,1-8H3,(H,35,39)/b11-9+,17-10+/t18-,19+,23?,24-,25+,28-,31+,32+/m1/s1. The van der Waals surface area contributed by atoms with Crippen LogP contribution in [0.15, 0.2) is 35.9 Å². The SMILES string of the molecule is CN[C@@H](C)C(=O)O[C@H]1CC(=O)N(C)c2cc(cc(OC)c2Cl)C/C(C)=C/C=C/[C@@H](OC)[C@@]2(O)CC(OC(=O)N2)[C@@H](C)[C@H]2O[C@@]12C. The number of likely N-dealkylation sites (N-methyl/N-ethyl adjacent to an activating group) is 1. The first kappa shape index (κ1) is 34.7. The third kappa shape index (κ3) is 7.30. The number of nitrogens with zero attached hydrogens (tertiary/aromatic N) is 1. The van der Waals surface area contributed by atoms with Gasteiger partial charge in [-0.15, -0.1) is 0 Å². The minimum atomic E-state index is -1.78. The fourth-order valence-corrected chi connectivity index (χ4v) is 6.28.